The number of nitrogen functional groups attached to an aromatic ring is 1. The first-order chi connectivity index (χ1) is 11.6. The van der Waals surface area contributed by atoms with Gasteiger partial charge in [0.25, 0.3) is 0 Å². The fourth-order valence-corrected chi connectivity index (χ4v) is 2.16. The molecule has 3 rings (SSSR count). The van der Waals surface area contributed by atoms with E-state index < -0.39 is 5.82 Å². The number of halogens is 1. The summed E-state index contributed by atoms with van der Waals surface area (Å²) in [7, 11) is 0. The highest BCUT2D eigenvalue weighted by Crippen LogP contribution is 2.25. The summed E-state index contributed by atoms with van der Waals surface area (Å²) in [5.74, 6) is 0.185. The summed E-state index contributed by atoms with van der Waals surface area (Å²) in [6, 6.07) is 9.49. The first-order valence-electron chi connectivity index (χ1n) is 7.16. The number of aromatic nitrogens is 4. The molecular weight excluding hydrogens is 311 g/mol. The molecule has 7 nitrogen and oxygen atoms in total. The Morgan fingerprint density at radius 2 is 2.12 bits per heavy atom. The van der Waals surface area contributed by atoms with Gasteiger partial charge in [0.2, 0.25) is 5.88 Å². The largest absolute Gasteiger partial charge is 0.436 e. The molecule has 0 bridgehead atoms. The van der Waals surface area contributed by atoms with E-state index in [2.05, 4.69) is 15.1 Å². The van der Waals surface area contributed by atoms with E-state index in [0.29, 0.717) is 23.5 Å². The van der Waals surface area contributed by atoms with Gasteiger partial charge in [-0.25, -0.2) is 14.4 Å². The third-order valence-electron chi connectivity index (χ3n) is 3.34. The van der Waals surface area contributed by atoms with Crippen LogP contribution in [0, 0.1) is 17.1 Å². The number of hydrogen-bond acceptors (Lipinski definition) is 6. The van der Waals surface area contributed by atoms with Crippen molar-refractivity contribution >= 4 is 5.82 Å². The van der Waals surface area contributed by atoms with Crippen LogP contribution in [-0.2, 0) is 6.42 Å². The van der Waals surface area contributed by atoms with Gasteiger partial charge in [0, 0.05) is 6.07 Å². The minimum Gasteiger partial charge on any atom is -0.436 e. The number of benzene rings is 1. The Morgan fingerprint density at radius 1 is 1.33 bits per heavy atom. The van der Waals surface area contributed by atoms with Crippen molar-refractivity contribution < 1.29 is 9.13 Å². The topological polar surface area (TPSA) is 103 Å². The monoisotopic (exact) mass is 324 g/mol. The van der Waals surface area contributed by atoms with E-state index in [4.69, 9.17) is 10.5 Å². The van der Waals surface area contributed by atoms with Gasteiger partial charge in [0.15, 0.2) is 17.4 Å². The van der Waals surface area contributed by atoms with Gasteiger partial charge in [-0.05, 0) is 18.6 Å². The Hall–Kier alpha value is -3.47. The Kier molecular flexibility index (Phi) is 4.07. The fourth-order valence-electron chi connectivity index (χ4n) is 2.16. The molecule has 2 N–H and O–H groups in total. The second kappa shape index (κ2) is 6.34. The molecule has 0 saturated carbocycles. The summed E-state index contributed by atoms with van der Waals surface area (Å²) >= 11 is 0. The van der Waals surface area contributed by atoms with Crippen molar-refractivity contribution in [3.05, 3.63) is 53.7 Å². The molecule has 8 heteroatoms. The van der Waals surface area contributed by atoms with Gasteiger partial charge in [0.1, 0.15) is 23.8 Å². The summed E-state index contributed by atoms with van der Waals surface area (Å²) < 4.78 is 20.4. The van der Waals surface area contributed by atoms with Crippen molar-refractivity contribution in [2.45, 2.75) is 13.3 Å². The number of nitriles is 1. The summed E-state index contributed by atoms with van der Waals surface area (Å²) in [6.07, 6.45) is 1.81. The minimum absolute atomic E-state index is 0.0440. The molecular formula is C16H13FN6O. The van der Waals surface area contributed by atoms with Gasteiger partial charge < -0.3 is 10.5 Å². The van der Waals surface area contributed by atoms with Gasteiger partial charge in [-0.2, -0.15) is 15.0 Å². The zero-order valence-electron chi connectivity index (χ0n) is 12.8. The zero-order chi connectivity index (χ0) is 17.1. The van der Waals surface area contributed by atoms with Crippen LogP contribution in [-0.4, -0.2) is 19.7 Å². The van der Waals surface area contributed by atoms with E-state index in [1.807, 2.05) is 13.0 Å². The number of nitrogens with two attached hydrogens (primary N) is 1. The summed E-state index contributed by atoms with van der Waals surface area (Å²) in [5, 5.41) is 13.5. The lowest BCUT2D eigenvalue weighted by atomic mass is 10.2. The molecule has 0 aliphatic carbocycles. The lowest BCUT2D eigenvalue weighted by Gasteiger charge is -2.07. The zero-order valence-corrected chi connectivity index (χ0v) is 12.8. The highest BCUT2D eigenvalue weighted by atomic mass is 19.1. The van der Waals surface area contributed by atoms with E-state index in [0.717, 1.165) is 0 Å². The number of ether oxygens (including phenoxy) is 1. The molecule has 2 aromatic heterocycles. The Morgan fingerprint density at radius 3 is 2.79 bits per heavy atom. The number of nitrogens with zero attached hydrogens (tertiary/aromatic N) is 5. The first-order valence-corrected chi connectivity index (χ1v) is 7.16. The lowest BCUT2D eigenvalue weighted by molar-refractivity contribution is 0.426. The predicted molar refractivity (Wildman–Crippen MR) is 84.1 cm³/mol. The van der Waals surface area contributed by atoms with Gasteiger partial charge in [-0.1, -0.05) is 19.1 Å². The van der Waals surface area contributed by atoms with Gasteiger partial charge in [-0.15, -0.1) is 0 Å². The van der Waals surface area contributed by atoms with Gasteiger partial charge in [-0.3, -0.25) is 0 Å². The number of para-hydroxylation sites is 1. The number of aryl methyl sites for hydroxylation is 1. The third-order valence-corrected chi connectivity index (χ3v) is 3.34. The quantitative estimate of drug-likeness (QED) is 0.791. The molecule has 0 aliphatic heterocycles. The molecule has 2 heterocycles. The van der Waals surface area contributed by atoms with Crippen LogP contribution >= 0.6 is 0 Å². The summed E-state index contributed by atoms with van der Waals surface area (Å²) in [5.41, 5.74) is 6.85. The van der Waals surface area contributed by atoms with Crippen molar-refractivity contribution in [3.63, 3.8) is 0 Å². The lowest BCUT2D eigenvalue weighted by Crippen LogP contribution is -2.05. The maximum atomic E-state index is 13.7. The number of rotatable bonds is 4. The van der Waals surface area contributed by atoms with Gasteiger partial charge in [0.05, 0.1) is 5.69 Å². The van der Waals surface area contributed by atoms with Crippen LogP contribution in [0.25, 0.3) is 5.82 Å². The maximum Gasteiger partial charge on any atom is 0.224 e. The van der Waals surface area contributed by atoms with Crippen LogP contribution in [0.15, 0.2) is 36.7 Å². The number of hydrogen-bond donors (Lipinski definition) is 1. The van der Waals surface area contributed by atoms with Crippen LogP contribution in [0.4, 0.5) is 10.2 Å². The van der Waals surface area contributed by atoms with Crippen LogP contribution in [0.3, 0.4) is 0 Å². The molecule has 120 valence electrons. The average molecular weight is 324 g/mol. The average Bonchev–Trinajstić information content (AvgIpc) is 2.93. The van der Waals surface area contributed by atoms with Crippen LogP contribution < -0.4 is 10.5 Å². The second-order valence-electron chi connectivity index (χ2n) is 4.83. The second-order valence-corrected chi connectivity index (χ2v) is 4.83. The SMILES string of the molecule is CCc1nn(-c2cc(Oc3ccccc3F)ncn2)c(N)c1C#N. The molecule has 0 spiro atoms. The first kappa shape index (κ1) is 15.4. The molecule has 24 heavy (non-hydrogen) atoms. The molecule has 0 aliphatic rings. The Balaban J connectivity index is 1.99. The molecule has 0 radical (unpaired) electrons. The van der Waals surface area contributed by atoms with Crippen molar-refractivity contribution in [1.29, 1.82) is 5.26 Å². The Bertz CT molecular complexity index is 931. The predicted octanol–water partition coefficient (Wildman–Crippen LogP) is 2.61. The van der Waals surface area contributed by atoms with Crippen LogP contribution in [0.2, 0.25) is 0 Å². The van der Waals surface area contributed by atoms with Crippen molar-refractivity contribution in [2.75, 3.05) is 5.73 Å². The van der Waals surface area contributed by atoms with Crippen molar-refractivity contribution in [2.24, 2.45) is 0 Å². The molecule has 0 unspecified atom stereocenters. The highest BCUT2D eigenvalue weighted by molar-refractivity contribution is 5.55. The van der Waals surface area contributed by atoms with E-state index in [-0.39, 0.29) is 17.4 Å². The van der Waals surface area contributed by atoms with E-state index in [1.54, 1.807) is 12.1 Å². The highest BCUT2D eigenvalue weighted by Gasteiger charge is 2.16. The standard InChI is InChI=1S/C16H13FN6O/c1-2-12-10(8-18)16(19)23(22-12)14-7-15(21-9-20-14)24-13-6-4-3-5-11(13)17/h3-7,9H,2,19H2,1H3. The summed E-state index contributed by atoms with van der Waals surface area (Å²) in [4.78, 5) is 8.04. The molecule has 0 atom stereocenters. The minimum atomic E-state index is -0.503. The van der Waals surface area contributed by atoms with E-state index >= 15 is 0 Å². The summed E-state index contributed by atoms with van der Waals surface area (Å²) in [6.45, 7) is 1.87. The number of anilines is 1. The molecule has 0 fully saturated rings. The smallest absolute Gasteiger partial charge is 0.224 e. The molecule has 1 aromatic carbocycles. The maximum absolute atomic E-state index is 13.7. The molecule has 0 amide bonds. The Labute approximate surface area is 137 Å². The normalized spacial score (nSPS) is 10.4. The molecule has 3 aromatic rings. The van der Waals surface area contributed by atoms with E-state index in [1.165, 1.54) is 29.2 Å². The third kappa shape index (κ3) is 2.75. The van der Waals surface area contributed by atoms with Crippen molar-refractivity contribution in [3.8, 4) is 23.5 Å². The van der Waals surface area contributed by atoms with Crippen molar-refractivity contribution in [1.82, 2.24) is 19.7 Å². The van der Waals surface area contributed by atoms with Crippen LogP contribution in [0.5, 0.6) is 11.6 Å². The van der Waals surface area contributed by atoms with E-state index in [9.17, 15) is 9.65 Å². The molecule has 0 saturated heterocycles. The fraction of sp³-hybridized carbons (Fsp3) is 0.125. The van der Waals surface area contributed by atoms with Crippen LogP contribution in [0.1, 0.15) is 18.2 Å². The van der Waals surface area contributed by atoms with Gasteiger partial charge >= 0.3 is 0 Å².